The summed E-state index contributed by atoms with van der Waals surface area (Å²) >= 11 is 0. The minimum atomic E-state index is -0.0301. The van der Waals surface area contributed by atoms with Gasteiger partial charge in [0.25, 0.3) is 0 Å². The normalized spacial score (nSPS) is 11.7. The van der Waals surface area contributed by atoms with Crippen molar-refractivity contribution < 1.29 is 9.53 Å². The van der Waals surface area contributed by atoms with Gasteiger partial charge in [0, 0.05) is 12.6 Å². The van der Waals surface area contributed by atoms with E-state index in [1.807, 2.05) is 56.3 Å². The van der Waals surface area contributed by atoms with Crippen LogP contribution < -0.4 is 10.1 Å². The van der Waals surface area contributed by atoms with Gasteiger partial charge in [-0.1, -0.05) is 25.1 Å². The zero-order valence-corrected chi connectivity index (χ0v) is 13.8. The van der Waals surface area contributed by atoms with Crippen molar-refractivity contribution >= 4 is 5.91 Å². The Morgan fingerprint density at radius 1 is 1.26 bits per heavy atom. The maximum absolute atomic E-state index is 12.1. The Bertz CT molecular complexity index is 614. The van der Waals surface area contributed by atoms with Crippen molar-refractivity contribution in [2.75, 3.05) is 6.61 Å². The van der Waals surface area contributed by atoms with Gasteiger partial charge in [-0.15, -0.1) is 0 Å². The molecule has 2 aromatic rings. The van der Waals surface area contributed by atoms with Crippen molar-refractivity contribution in [3.8, 4) is 5.75 Å². The number of hydrogen-bond acceptors (Lipinski definition) is 3. The van der Waals surface area contributed by atoms with Crippen molar-refractivity contribution in [2.45, 2.75) is 39.2 Å². The summed E-state index contributed by atoms with van der Waals surface area (Å²) < 4.78 is 5.60. The number of rotatable bonds is 8. The van der Waals surface area contributed by atoms with E-state index < -0.39 is 0 Å². The third-order valence-electron chi connectivity index (χ3n) is 3.60. The lowest BCUT2D eigenvalue weighted by Gasteiger charge is -2.17. The number of pyridine rings is 1. The summed E-state index contributed by atoms with van der Waals surface area (Å²) in [5, 5.41) is 3.05. The van der Waals surface area contributed by atoms with Crippen molar-refractivity contribution in [2.24, 2.45) is 0 Å². The number of carbonyl (C=O) groups is 1. The third kappa shape index (κ3) is 5.74. The molecule has 0 aliphatic rings. The molecule has 2 rings (SSSR count). The third-order valence-corrected chi connectivity index (χ3v) is 3.60. The molecule has 0 spiro atoms. The molecular formula is C19H24N2O2. The number of nitrogens with zero attached hydrogens (tertiary/aromatic N) is 1. The smallest absolute Gasteiger partial charge is 0.220 e. The summed E-state index contributed by atoms with van der Waals surface area (Å²) in [5.41, 5.74) is 2.07. The van der Waals surface area contributed by atoms with Crippen LogP contribution in [0.15, 0.2) is 48.7 Å². The van der Waals surface area contributed by atoms with Gasteiger partial charge in [-0.05, 0) is 49.6 Å². The fourth-order valence-corrected chi connectivity index (χ4v) is 2.34. The fourth-order valence-electron chi connectivity index (χ4n) is 2.34. The standard InChI is InChI=1S/C19H24N2O2/c1-3-17(18-14-15(2)11-12-20-18)21-19(22)10-7-13-23-16-8-5-4-6-9-16/h4-6,8-9,11-12,14,17H,3,7,10,13H2,1-2H3,(H,21,22)/t17-/m1/s1. The van der Waals surface area contributed by atoms with Gasteiger partial charge in [0.15, 0.2) is 0 Å². The van der Waals surface area contributed by atoms with Crippen molar-refractivity contribution in [3.05, 3.63) is 59.9 Å². The second-order valence-corrected chi connectivity index (χ2v) is 5.55. The second-order valence-electron chi connectivity index (χ2n) is 5.55. The molecule has 1 N–H and O–H groups in total. The van der Waals surface area contributed by atoms with Crippen molar-refractivity contribution in [1.82, 2.24) is 10.3 Å². The molecule has 0 aliphatic carbocycles. The molecule has 1 aromatic heterocycles. The van der Waals surface area contributed by atoms with Crippen molar-refractivity contribution in [1.29, 1.82) is 0 Å². The number of nitrogens with one attached hydrogen (secondary N) is 1. The topological polar surface area (TPSA) is 51.2 Å². The predicted molar refractivity (Wildman–Crippen MR) is 91.3 cm³/mol. The van der Waals surface area contributed by atoms with E-state index in [-0.39, 0.29) is 11.9 Å². The molecule has 0 radical (unpaired) electrons. The summed E-state index contributed by atoms with van der Waals surface area (Å²) in [5.74, 6) is 0.875. The molecule has 0 saturated heterocycles. The largest absolute Gasteiger partial charge is 0.494 e. The van der Waals surface area contributed by atoms with Gasteiger partial charge < -0.3 is 10.1 Å². The fraction of sp³-hybridized carbons (Fsp3) is 0.368. The quantitative estimate of drug-likeness (QED) is 0.754. The summed E-state index contributed by atoms with van der Waals surface area (Å²) in [7, 11) is 0. The van der Waals surface area contributed by atoms with E-state index in [1.165, 1.54) is 0 Å². The molecule has 0 bridgehead atoms. The van der Waals surface area contributed by atoms with Crippen LogP contribution in [0.1, 0.15) is 43.5 Å². The summed E-state index contributed by atoms with van der Waals surface area (Å²) in [6.07, 6.45) is 3.75. The molecule has 23 heavy (non-hydrogen) atoms. The lowest BCUT2D eigenvalue weighted by Crippen LogP contribution is -2.28. The van der Waals surface area contributed by atoms with Crippen LogP contribution in [0, 0.1) is 6.92 Å². The molecule has 1 aromatic carbocycles. The molecule has 4 heteroatoms. The number of aromatic nitrogens is 1. The lowest BCUT2D eigenvalue weighted by atomic mass is 10.1. The van der Waals surface area contributed by atoms with Gasteiger partial charge in [-0.25, -0.2) is 0 Å². The number of aryl methyl sites for hydroxylation is 1. The van der Waals surface area contributed by atoms with Crippen LogP contribution in [0.2, 0.25) is 0 Å². The zero-order chi connectivity index (χ0) is 16.5. The summed E-state index contributed by atoms with van der Waals surface area (Å²) in [6.45, 7) is 4.62. The highest BCUT2D eigenvalue weighted by atomic mass is 16.5. The average Bonchev–Trinajstić information content (AvgIpc) is 2.57. The zero-order valence-electron chi connectivity index (χ0n) is 13.8. The van der Waals surface area contributed by atoms with Gasteiger partial charge >= 0.3 is 0 Å². The lowest BCUT2D eigenvalue weighted by molar-refractivity contribution is -0.122. The van der Waals surface area contributed by atoms with E-state index in [9.17, 15) is 4.79 Å². The number of carbonyl (C=O) groups excluding carboxylic acids is 1. The average molecular weight is 312 g/mol. The Balaban J connectivity index is 1.75. The van der Waals surface area contributed by atoms with Crippen LogP contribution in [0.25, 0.3) is 0 Å². The molecular weight excluding hydrogens is 288 g/mol. The molecule has 0 fully saturated rings. The Hall–Kier alpha value is -2.36. The SMILES string of the molecule is CC[C@@H](NC(=O)CCCOc1ccccc1)c1cc(C)ccn1. The first-order chi connectivity index (χ1) is 11.2. The highest BCUT2D eigenvalue weighted by Gasteiger charge is 2.13. The van der Waals surface area contributed by atoms with Gasteiger partial charge in [0.2, 0.25) is 5.91 Å². The van der Waals surface area contributed by atoms with Crippen LogP contribution in [0.3, 0.4) is 0 Å². The Morgan fingerprint density at radius 3 is 2.74 bits per heavy atom. The first-order valence-corrected chi connectivity index (χ1v) is 8.09. The molecule has 0 unspecified atom stereocenters. The van der Waals surface area contributed by atoms with Crippen LogP contribution in [0.4, 0.5) is 0 Å². The van der Waals surface area contributed by atoms with E-state index in [0.717, 1.165) is 23.4 Å². The molecule has 1 heterocycles. The Labute approximate surface area is 137 Å². The molecule has 0 saturated carbocycles. The van der Waals surface area contributed by atoms with Crippen molar-refractivity contribution in [3.63, 3.8) is 0 Å². The molecule has 1 atom stereocenters. The first-order valence-electron chi connectivity index (χ1n) is 8.09. The monoisotopic (exact) mass is 312 g/mol. The highest BCUT2D eigenvalue weighted by Crippen LogP contribution is 2.15. The van der Waals surface area contributed by atoms with Crippen LogP contribution in [0.5, 0.6) is 5.75 Å². The van der Waals surface area contributed by atoms with E-state index in [4.69, 9.17) is 4.74 Å². The van der Waals surface area contributed by atoms with Gasteiger partial charge in [-0.3, -0.25) is 9.78 Å². The number of hydrogen-bond donors (Lipinski definition) is 1. The predicted octanol–water partition coefficient (Wildman–Crippen LogP) is 3.82. The molecule has 4 nitrogen and oxygen atoms in total. The Morgan fingerprint density at radius 2 is 2.04 bits per heavy atom. The van der Waals surface area contributed by atoms with Crippen LogP contribution in [-0.4, -0.2) is 17.5 Å². The van der Waals surface area contributed by atoms with E-state index >= 15 is 0 Å². The summed E-state index contributed by atoms with van der Waals surface area (Å²) in [6, 6.07) is 13.6. The van der Waals surface area contributed by atoms with E-state index in [0.29, 0.717) is 19.4 Å². The maximum Gasteiger partial charge on any atom is 0.220 e. The molecule has 0 aliphatic heterocycles. The van der Waals surface area contributed by atoms with Gasteiger partial charge in [0.05, 0.1) is 18.3 Å². The van der Waals surface area contributed by atoms with E-state index in [1.54, 1.807) is 6.20 Å². The Kier molecular flexibility index (Phi) is 6.60. The highest BCUT2D eigenvalue weighted by molar-refractivity contribution is 5.76. The van der Waals surface area contributed by atoms with Gasteiger partial charge in [0.1, 0.15) is 5.75 Å². The first kappa shape index (κ1) is 17.0. The van der Waals surface area contributed by atoms with Crippen LogP contribution >= 0.6 is 0 Å². The molecule has 1 amide bonds. The maximum atomic E-state index is 12.1. The summed E-state index contributed by atoms with van der Waals surface area (Å²) in [4.78, 5) is 16.4. The number of para-hydroxylation sites is 1. The number of ether oxygens (including phenoxy) is 1. The minimum Gasteiger partial charge on any atom is -0.494 e. The molecule has 122 valence electrons. The number of amides is 1. The van der Waals surface area contributed by atoms with Gasteiger partial charge in [-0.2, -0.15) is 0 Å². The number of benzene rings is 1. The van der Waals surface area contributed by atoms with E-state index in [2.05, 4.69) is 10.3 Å². The van der Waals surface area contributed by atoms with Crippen LogP contribution in [-0.2, 0) is 4.79 Å². The minimum absolute atomic E-state index is 0.0301. The second kappa shape index (κ2) is 8.93.